The number of nitrogens with two attached hydrogens (primary N) is 2. The zero-order valence-electron chi connectivity index (χ0n) is 19.3. The second-order valence-corrected chi connectivity index (χ2v) is 8.18. The van der Waals surface area contributed by atoms with Crippen LogP contribution in [0.15, 0.2) is 0 Å². The van der Waals surface area contributed by atoms with Gasteiger partial charge in [0, 0.05) is 12.8 Å². The van der Waals surface area contributed by atoms with Crippen LogP contribution < -0.4 is 11.5 Å². The predicted molar refractivity (Wildman–Crippen MR) is 123 cm³/mol. The molecule has 0 bridgehead atoms. The molecule has 0 aliphatic carbocycles. The summed E-state index contributed by atoms with van der Waals surface area (Å²) in [6.45, 7) is 2.52. The largest absolute Gasteiger partial charge is 0.466 e. The molecule has 0 aromatic rings. The predicted octanol–water partition coefficient (Wildman–Crippen LogP) is 5.01. The minimum absolute atomic E-state index is 0.0655. The van der Waals surface area contributed by atoms with Crippen molar-refractivity contribution in [3.05, 3.63) is 0 Å². The first-order valence-electron chi connectivity index (χ1n) is 12.4. The number of carbonyl (C=O) groups excluding carboxylic acids is 2. The van der Waals surface area contributed by atoms with Gasteiger partial charge in [0.1, 0.15) is 0 Å². The lowest BCUT2D eigenvalue weighted by Gasteiger charge is -2.06. The van der Waals surface area contributed by atoms with Crippen LogP contribution in [0.1, 0.15) is 116 Å². The molecule has 6 nitrogen and oxygen atoms in total. The van der Waals surface area contributed by atoms with Crippen LogP contribution in [0.2, 0.25) is 0 Å². The Balaban J connectivity index is 3.17. The van der Waals surface area contributed by atoms with Gasteiger partial charge in [-0.3, -0.25) is 9.59 Å². The number of esters is 2. The van der Waals surface area contributed by atoms with E-state index in [1.165, 1.54) is 38.5 Å². The Morgan fingerprint density at radius 1 is 0.433 bits per heavy atom. The van der Waals surface area contributed by atoms with Gasteiger partial charge >= 0.3 is 11.9 Å². The zero-order chi connectivity index (χ0) is 22.1. The van der Waals surface area contributed by atoms with Gasteiger partial charge in [0.15, 0.2) is 0 Å². The van der Waals surface area contributed by atoms with E-state index < -0.39 is 0 Å². The summed E-state index contributed by atoms with van der Waals surface area (Å²) in [5.41, 5.74) is 10.9. The fourth-order valence-electron chi connectivity index (χ4n) is 3.32. The van der Waals surface area contributed by atoms with Gasteiger partial charge in [0.05, 0.1) is 13.2 Å². The van der Waals surface area contributed by atoms with Gasteiger partial charge in [-0.05, 0) is 51.6 Å². The van der Waals surface area contributed by atoms with Crippen LogP contribution in [-0.4, -0.2) is 38.2 Å². The van der Waals surface area contributed by atoms with E-state index in [1.807, 2.05) is 0 Å². The van der Waals surface area contributed by atoms with Gasteiger partial charge in [0.25, 0.3) is 0 Å². The van der Waals surface area contributed by atoms with Gasteiger partial charge in [-0.15, -0.1) is 0 Å². The van der Waals surface area contributed by atoms with Crippen molar-refractivity contribution < 1.29 is 19.1 Å². The first-order valence-corrected chi connectivity index (χ1v) is 12.4. The van der Waals surface area contributed by atoms with Gasteiger partial charge in [-0.2, -0.15) is 0 Å². The Morgan fingerprint density at radius 2 is 0.733 bits per heavy atom. The van der Waals surface area contributed by atoms with Crippen molar-refractivity contribution in [1.29, 1.82) is 0 Å². The first kappa shape index (κ1) is 28.9. The molecule has 0 rings (SSSR count). The molecule has 0 saturated carbocycles. The molecule has 178 valence electrons. The Morgan fingerprint density at radius 3 is 1.07 bits per heavy atom. The molecule has 0 heterocycles. The average Bonchev–Trinajstić information content (AvgIpc) is 2.74. The zero-order valence-corrected chi connectivity index (χ0v) is 19.3. The maximum Gasteiger partial charge on any atom is 0.305 e. The molecule has 0 spiro atoms. The summed E-state index contributed by atoms with van der Waals surface area (Å²) >= 11 is 0. The van der Waals surface area contributed by atoms with E-state index in [4.69, 9.17) is 20.9 Å². The molecule has 0 radical (unpaired) electrons. The molecule has 0 aromatic carbocycles. The van der Waals surface area contributed by atoms with Crippen molar-refractivity contribution in [3.8, 4) is 0 Å². The van der Waals surface area contributed by atoms with Gasteiger partial charge < -0.3 is 20.9 Å². The SMILES string of the molecule is NCCCCCC(=O)OCCCCCCCCCCCCOC(=O)CCCCCN. The fourth-order valence-corrected chi connectivity index (χ4v) is 3.32. The number of carbonyl (C=O) groups is 2. The van der Waals surface area contributed by atoms with Crippen LogP contribution in [0.3, 0.4) is 0 Å². The van der Waals surface area contributed by atoms with Gasteiger partial charge in [-0.25, -0.2) is 0 Å². The summed E-state index contributed by atoms with van der Waals surface area (Å²) in [6, 6.07) is 0. The molecule has 0 aromatic heterocycles. The van der Waals surface area contributed by atoms with Crippen molar-refractivity contribution >= 4 is 11.9 Å². The molecule has 0 aliphatic rings. The third-order valence-electron chi connectivity index (χ3n) is 5.23. The third-order valence-corrected chi connectivity index (χ3v) is 5.23. The highest BCUT2D eigenvalue weighted by Crippen LogP contribution is 2.11. The summed E-state index contributed by atoms with van der Waals surface area (Å²) in [6.07, 6.45) is 18.5. The van der Waals surface area contributed by atoms with Crippen molar-refractivity contribution in [2.75, 3.05) is 26.3 Å². The van der Waals surface area contributed by atoms with E-state index >= 15 is 0 Å². The number of unbranched alkanes of at least 4 members (excludes halogenated alkanes) is 13. The monoisotopic (exact) mass is 428 g/mol. The van der Waals surface area contributed by atoms with Crippen LogP contribution in [0, 0.1) is 0 Å². The van der Waals surface area contributed by atoms with Crippen LogP contribution in [0.5, 0.6) is 0 Å². The van der Waals surface area contributed by atoms with E-state index in [2.05, 4.69) is 0 Å². The van der Waals surface area contributed by atoms with Crippen LogP contribution in [0.4, 0.5) is 0 Å². The fraction of sp³-hybridized carbons (Fsp3) is 0.917. The van der Waals surface area contributed by atoms with Crippen molar-refractivity contribution in [2.45, 2.75) is 116 Å². The third kappa shape index (κ3) is 23.1. The highest BCUT2D eigenvalue weighted by atomic mass is 16.5. The topological polar surface area (TPSA) is 105 Å². The van der Waals surface area contributed by atoms with Crippen LogP contribution >= 0.6 is 0 Å². The van der Waals surface area contributed by atoms with E-state index in [1.54, 1.807) is 0 Å². The molecule has 0 aliphatic heterocycles. The molecule has 0 amide bonds. The van der Waals surface area contributed by atoms with Crippen molar-refractivity contribution in [2.24, 2.45) is 11.5 Å². The smallest absolute Gasteiger partial charge is 0.305 e. The average molecular weight is 429 g/mol. The molecule has 30 heavy (non-hydrogen) atoms. The van der Waals surface area contributed by atoms with Gasteiger partial charge in [-0.1, -0.05) is 64.2 Å². The Labute approximate surface area is 184 Å². The number of rotatable bonds is 23. The summed E-state index contributed by atoms with van der Waals surface area (Å²) < 4.78 is 10.5. The summed E-state index contributed by atoms with van der Waals surface area (Å²) in [4.78, 5) is 23.0. The Hall–Kier alpha value is -1.14. The minimum atomic E-state index is -0.0655. The molecule has 0 fully saturated rings. The first-order chi connectivity index (χ1) is 14.7. The quantitative estimate of drug-likeness (QED) is 0.175. The standard InChI is InChI=1S/C24H48N2O4/c25-19-13-9-11-17-23(27)29-21-15-7-5-3-1-2-4-6-8-16-22-30-24(28)18-12-10-14-20-26/h1-22,25-26H2. The molecule has 0 unspecified atom stereocenters. The second kappa shape index (κ2) is 24.1. The molecule has 4 N–H and O–H groups in total. The number of hydrogen-bond acceptors (Lipinski definition) is 6. The minimum Gasteiger partial charge on any atom is -0.466 e. The van der Waals surface area contributed by atoms with E-state index in [9.17, 15) is 9.59 Å². The number of hydrogen-bond donors (Lipinski definition) is 2. The van der Waals surface area contributed by atoms with Crippen LogP contribution in [-0.2, 0) is 19.1 Å². The molecular weight excluding hydrogens is 380 g/mol. The Kier molecular flexibility index (Phi) is 23.2. The van der Waals surface area contributed by atoms with E-state index in [-0.39, 0.29) is 11.9 Å². The lowest BCUT2D eigenvalue weighted by Crippen LogP contribution is -2.06. The van der Waals surface area contributed by atoms with E-state index in [0.29, 0.717) is 39.1 Å². The lowest BCUT2D eigenvalue weighted by atomic mass is 10.1. The maximum atomic E-state index is 11.5. The van der Waals surface area contributed by atoms with E-state index in [0.717, 1.165) is 64.2 Å². The summed E-state index contributed by atoms with van der Waals surface area (Å²) in [5.74, 6) is -0.131. The van der Waals surface area contributed by atoms with Gasteiger partial charge in [0.2, 0.25) is 0 Å². The number of ether oxygens (including phenoxy) is 2. The Bertz CT molecular complexity index is 355. The molecular formula is C24H48N2O4. The lowest BCUT2D eigenvalue weighted by molar-refractivity contribution is -0.144. The summed E-state index contributed by atoms with van der Waals surface area (Å²) in [7, 11) is 0. The van der Waals surface area contributed by atoms with Crippen molar-refractivity contribution in [1.82, 2.24) is 0 Å². The molecule has 0 saturated heterocycles. The maximum absolute atomic E-state index is 11.5. The molecule has 6 heteroatoms. The van der Waals surface area contributed by atoms with Crippen LogP contribution in [0.25, 0.3) is 0 Å². The normalized spacial score (nSPS) is 10.9. The molecule has 0 atom stereocenters. The second-order valence-electron chi connectivity index (χ2n) is 8.18. The summed E-state index contributed by atoms with van der Waals surface area (Å²) in [5, 5.41) is 0. The van der Waals surface area contributed by atoms with Crippen molar-refractivity contribution in [3.63, 3.8) is 0 Å². The highest BCUT2D eigenvalue weighted by Gasteiger charge is 2.03. The highest BCUT2D eigenvalue weighted by molar-refractivity contribution is 5.69.